The first-order valence-corrected chi connectivity index (χ1v) is 8.90. The van der Waals surface area contributed by atoms with Crippen LogP contribution >= 0.6 is 24.4 Å². The molecule has 9 heteroatoms. The topological polar surface area (TPSA) is 71.0 Å². The molecule has 0 saturated carbocycles. The molecule has 1 amide bonds. The summed E-state index contributed by atoms with van der Waals surface area (Å²) in [6, 6.07) is 18.5. The molecule has 0 aliphatic carbocycles. The van der Waals surface area contributed by atoms with Crippen LogP contribution in [0.25, 0.3) is 0 Å². The van der Waals surface area contributed by atoms with E-state index in [1.165, 1.54) is 10.0 Å². The first kappa shape index (κ1) is 24.8. The summed E-state index contributed by atoms with van der Waals surface area (Å²) in [6.07, 6.45) is -0.413. The molecule has 0 saturated heterocycles. The van der Waals surface area contributed by atoms with E-state index < -0.39 is 18.2 Å². The number of nitrogens with one attached hydrogen (secondary N) is 1. The Bertz CT molecular complexity index is 848. The minimum absolute atomic E-state index is 0. The fourth-order valence-electron chi connectivity index (χ4n) is 2.20. The van der Waals surface area contributed by atoms with E-state index in [0.717, 1.165) is 11.1 Å². The SMILES string of the molecule is CN(/N=C(\[O-])CC(=O)NN(C)C(=S)c1ccccc1)C(=S)c1ccccc1.[K+]. The van der Waals surface area contributed by atoms with Gasteiger partial charge in [0, 0.05) is 25.2 Å². The summed E-state index contributed by atoms with van der Waals surface area (Å²) in [7, 11) is 3.19. The van der Waals surface area contributed by atoms with Crippen molar-refractivity contribution in [2.45, 2.75) is 6.42 Å². The van der Waals surface area contributed by atoms with Crippen molar-refractivity contribution in [3.05, 3.63) is 71.8 Å². The van der Waals surface area contributed by atoms with Gasteiger partial charge in [-0.3, -0.25) is 20.2 Å². The van der Waals surface area contributed by atoms with Crippen LogP contribution in [-0.2, 0) is 4.79 Å². The standard InChI is InChI=1S/C19H20N4O2S2.K/c1-22(18(26)14-9-5-3-6-10-14)20-16(24)13-17(25)21-23(2)19(27)15-11-7-4-8-12-15;/h3-12H,13H2,1-2H3,(H,20,24)(H,21,25);/q;+1/p-1. The first-order valence-electron chi connectivity index (χ1n) is 8.08. The van der Waals surface area contributed by atoms with Crippen LogP contribution in [0.5, 0.6) is 0 Å². The summed E-state index contributed by atoms with van der Waals surface area (Å²) in [4.78, 5) is 12.9. The monoisotopic (exact) mass is 438 g/mol. The zero-order valence-corrected chi connectivity index (χ0v) is 20.7. The molecule has 0 unspecified atom stereocenters. The molecule has 0 atom stereocenters. The number of hydrazine groups is 1. The largest absolute Gasteiger partial charge is 1.00 e. The van der Waals surface area contributed by atoms with Gasteiger partial charge in [-0.05, 0) is 5.90 Å². The predicted octanol–water partition coefficient (Wildman–Crippen LogP) is -1.30. The number of hydrazone groups is 1. The maximum Gasteiger partial charge on any atom is 1.00 e. The van der Waals surface area contributed by atoms with Crippen molar-refractivity contribution in [1.29, 1.82) is 0 Å². The van der Waals surface area contributed by atoms with E-state index in [1.807, 2.05) is 60.7 Å². The average molecular weight is 439 g/mol. The molecular weight excluding hydrogens is 419 g/mol. The van der Waals surface area contributed by atoms with Gasteiger partial charge in [0.05, 0.1) is 6.42 Å². The van der Waals surface area contributed by atoms with Gasteiger partial charge in [-0.2, -0.15) is 5.10 Å². The molecule has 0 radical (unpaired) electrons. The Kier molecular flexibility index (Phi) is 11.0. The second-order valence-corrected chi connectivity index (χ2v) is 6.40. The van der Waals surface area contributed by atoms with Gasteiger partial charge in [-0.25, -0.2) is 0 Å². The van der Waals surface area contributed by atoms with E-state index in [0.29, 0.717) is 9.98 Å². The Morgan fingerprint density at radius 2 is 1.43 bits per heavy atom. The third-order valence-electron chi connectivity index (χ3n) is 3.51. The van der Waals surface area contributed by atoms with Gasteiger partial charge >= 0.3 is 51.4 Å². The molecule has 28 heavy (non-hydrogen) atoms. The second kappa shape index (κ2) is 12.4. The van der Waals surface area contributed by atoms with Crippen LogP contribution in [-0.4, -0.2) is 45.9 Å². The number of thiocarbonyl (C=S) groups is 2. The number of carbonyl (C=O) groups excluding carboxylic acids is 1. The zero-order valence-electron chi connectivity index (χ0n) is 16.0. The molecule has 6 nitrogen and oxygen atoms in total. The van der Waals surface area contributed by atoms with E-state index in [-0.39, 0.29) is 51.4 Å². The minimum Gasteiger partial charge on any atom is -0.860 e. The Morgan fingerprint density at radius 3 is 1.93 bits per heavy atom. The van der Waals surface area contributed by atoms with E-state index in [4.69, 9.17) is 24.4 Å². The number of rotatable bonds is 5. The average Bonchev–Trinajstić information content (AvgIpc) is 2.67. The number of amides is 1. The number of hydrogen-bond donors (Lipinski definition) is 1. The quantitative estimate of drug-likeness (QED) is 0.206. The minimum atomic E-state index is -0.604. The van der Waals surface area contributed by atoms with Crippen LogP contribution < -0.4 is 61.9 Å². The van der Waals surface area contributed by atoms with Gasteiger partial charge in [0.1, 0.15) is 9.98 Å². The molecule has 2 rings (SSSR count). The smallest absolute Gasteiger partial charge is 0.860 e. The summed E-state index contributed by atoms with van der Waals surface area (Å²) >= 11 is 10.6. The van der Waals surface area contributed by atoms with Crippen molar-refractivity contribution in [2.24, 2.45) is 5.10 Å². The molecule has 0 aromatic heterocycles. The van der Waals surface area contributed by atoms with Gasteiger partial charge in [-0.15, -0.1) is 0 Å². The molecule has 0 aliphatic rings. The number of hydrogen-bond acceptors (Lipinski definition) is 5. The second-order valence-electron chi connectivity index (χ2n) is 5.63. The van der Waals surface area contributed by atoms with Crippen LogP contribution in [0.4, 0.5) is 0 Å². The molecule has 0 fully saturated rings. The zero-order chi connectivity index (χ0) is 19.8. The van der Waals surface area contributed by atoms with Gasteiger partial charge in [0.25, 0.3) is 0 Å². The molecule has 0 heterocycles. The Hall–Kier alpha value is -1.20. The van der Waals surface area contributed by atoms with Crippen LogP contribution in [0.1, 0.15) is 17.5 Å². The number of nitrogens with zero attached hydrogens (tertiary/aromatic N) is 3. The van der Waals surface area contributed by atoms with Gasteiger partial charge in [0.15, 0.2) is 0 Å². The number of carbonyl (C=O) groups is 1. The van der Waals surface area contributed by atoms with Crippen LogP contribution in [0.15, 0.2) is 65.8 Å². The molecule has 2 aromatic carbocycles. The van der Waals surface area contributed by atoms with Crippen LogP contribution in [0, 0.1) is 0 Å². The van der Waals surface area contributed by atoms with Gasteiger partial charge in [0.2, 0.25) is 5.91 Å². The Morgan fingerprint density at radius 1 is 0.964 bits per heavy atom. The first-order chi connectivity index (χ1) is 12.9. The summed E-state index contributed by atoms with van der Waals surface area (Å²) in [6.45, 7) is 0. The summed E-state index contributed by atoms with van der Waals surface area (Å²) in [5, 5.41) is 18.6. The summed E-state index contributed by atoms with van der Waals surface area (Å²) in [5.74, 6) is -1.11. The normalized spacial score (nSPS) is 10.4. The molecular formula is C19H19KN4O2S2. The van der Waals surface area contributed by atoms with E-state index in [2.05, 4.69) is 10.5 Å². The fourth-order valence-corrected chi connectivity index (χ4v) is 2.56. The molecule has 0 aliphatic heterocycles. The summed E-state index contributed by atoms with van der Waals surface area (Å²) in [5.41, 5.74) is 4.12. The number of benzene rings is 2. The molecule has 140 valence electrons. The third-order valence-corrected chi connectivity index (χ3v) is 4.52. The summed E-state index contributed by atoms with van der Waals surface area (Å²) < 4.78 is 0. The van der Waals surface area contributed by atoms with Crippen molar-refractivity contribution < 1.29 is 61.3 Å². The van der Waals surface area contributed by atoms with Crippen molar-refractivity contribution in [3.63, 3.8) is 0 Å². The Labute approximate surface area is 218 Å². The van der Waals surface area contributed by atoms with Gasteiger partial charge < -0.3 is 5.11 Å². The molecule has 1 N–H and O–H groups in total. The maximum absolute atomic E-state index is 12.1. The van der Waals surface area contributed by atoms with Crippen molar-refractivity contribution in [1.82, 2.24) is 15.4 Å². The van der Waals surface area contributed by atoms with Crippen LogP contribution in [0.2, 0.25) is 0 Å². The maximum atomic E-state index is 12.1. The van der Waals surface area contributed by atoms with Crippen molar-refractivity contribution >= 4 is 46.2 Å². The van der Waals surface area contributed by atoms with E-state index in [1.54, 1.807) is 14.1 Å². The van der Waals surface area contributed by atoms with E-state index >= 15 is 0 Å². The fraction of sp³-hybridized carbons (Fsp3) is 0.158. The molecule has 0 bridgehead atoms. The van der Waals surface area contributed by atoms with Gasteiger partial charge in [-0.1, -0.05) is 85.1 Å². The Balaban J connectivity index is 0.00000392. The van der Waals surface area contributed by atoms with Crippen LogP contribution in [0.3, 0.4) is 0 Å². The third kappa shape index (κ3) is 7.67. The van der Waals surface area contributed by atoms with Crippen molar-refractivity contribution in [2.75, 3.05) is 14.1 Å². The molecule has 2 aromatic rings. The van der Waals surface area contributed by atoms with Crippen molar-refractivity contribution in [3.8, 4) is 0 Å². The predicted molar refractivity (Wildman–Crippen MR) is 112 cm³/mol. The van der Waals surface area contributed by atoms with E-state index in [9.17, 15) is 9.90 Å². The molecule has 0 spiro atoms.